The number of hydrogen-bond acceptors (Lipinski definition) is 3. The molecule has 24 heavy (non-hydrogen) atoms. The SMILES string of the molecule is CCOCCCCCCCCCCCCCCCCOCC(=O)O. The van der Waals surface area contributed by atoms with Crippen LogP contribution in [0.25, 0.3) is 0 Å². The molecule has 0 saturated heterocycles. The Morgan fingerprint density at radius 3 is 1.29 bits per heavy atom. The van der Waals surface area contributed by atoms with Gasteiger partial charge < -0.3 is 14.6 Å². The number of aliphatic carboxylic acids is 1. The molecule has 0 spiro atoms. The molecule has 0 amide bonds. The highest BCUT2D eigenvalue weighted by atomic mass is 16.5. The maximum absolute atomic E-state index is 10.3. The molecule has 144 valence electrons. The van der Waals surface area contributed by atoms with Crippen molar-refractivity contribution in [3.8, 4) is 0 Å². The van der Waals surface area contributed by atoms with Crippen LogP contribution in [0.5, 0.6) is 0 Å². The second kappa shape index (κ2) is 20.4. The fourth-order valence-corrected chi connectivity index (χ4v) is 2.83. The van der Waals surface area contributed by atoms with Crippen LogP contribution in [0.1, 0.15) is 96.8 Å². The predicted molar refractivity (Wildman–Crippen MR) is 99.6 cm³/mol. The summed E-state index contributed by atoms with van der Waals surface area (Å²) >= 11 is 0. The van der Waals surface area contributed by atoms with Crippen molar-refractivity contribution in [2.75, 3.05) is 26.4 Å². The van der Waals surface area contributed by atoms with Crippen LogP contribution in [0.15, 0.2) is 0 Å². The van der Waals surface area contributed by atoms with Crippen LogP contribution in [-0.4, -0.2) is 37.5 Å². The summed E-state index contributed by atoms with van der Waals surface area (Å²) in [6.07, 6.45) is 18.3. The van der Waals surface area contributed by atoms with Gasteiger partial charge in [-0.25, -0.2) is 4.79 Å². The topological polar surface area (TPSA) is 55.8 Å². The zero-order chi connectivity index (χ0) is 17.7. The largest absolute Gasteiger partial charge is 0.480 e. The highest BCUT2D eigenvalue weighted by Gasteiger charge is 1.97. The second-order valence-electron chi connectivity index (χ2n) is 6.59. The van der Waals surface area contributed by atoms with Gasteiger partial charge in [-0.1, -0.05) is 77.0 Å². The molecular formula is C20H40O4. The molecule has 0 fully saturated rings. The molecule has 0 aromatic carbocycles. The second-order valence-corrected chi connectivity index (χ2v) is 6.59. The van der Waals surface area contributed by atoms with Crippen LogP contribution in [0, 0.1) is 0 Å². The van der Waals surface area contributed by atoms with E-state index in [2.05, 4.69) is 6.92 Å². The maximum atomic E-state index is 10.3. The summed E-state index contributed by atoms with van der Waals surface area (Å²) in [5, 5.41) is 8.43. The van der Waals surface area contributed by atoms with Gasteiger partial charge in [0.2, 0.25) is 0 Å². The Balaban J connectivity index is 2.97. The Kier molecular flexibility index (Phi) is 19.9. The average molecular weight is 345 g/mol. The van der Waals surface area contributed by atoms with Gasteiger partial charge in [-0.05, 0) is 19.8 Å². The highest BCUT2D eigenvalue weighted by Crippen LogP contribution is 2.13. The molecule has 1 N–H and O–H groups in total. The third-order valence-electron chi connectivity index (χ3n) is 4.26. The van der Waals surface area contributed by atoms with Crippen LogP contribution in [-0.2, 0) is 14.3 Å². The van der Waals surface area contributed by atoms with Crippen LogP contribution in [0.4, 0.5) is 0 Å². The number of rotatable bonds is 20. The number of unbranched alkanes of at least 4 members (excludes halogenated alkanes) is 13. The van der Waals surface area contributed by atoms with Gasteiger partial charge in [0.1, 0.15) is 6.61 Å². The van der Waals surface area contributed by atoms with E-state index in [1.54, 1.807) is 0 Å². The Labute approximate surface area is 149 Å². The number of hydrogen-bond donors (Lipinski definition) is 1. The van der Waals surface area contributed by atoms with Crippen molar-refractivity contribution < 1.29 is 19.4 Å². The number of carboxylic acid groups (broad SMARTS) is 1. The summed E-state index contributed by atoms with van der Waals surface area (Å²) in [5.74, 6) is -0.878. The molecule has 0 aliphatic rings. The number of carbonyl (C=O) groups is 1. The molecular weight excluding hydrogens is 304 g/mol. The molecule has 0 aliphatic carbocycles. The summed E-state index contributed by atoms with van der Waals surface area (Å²) in [6, 6.07) is 0. The van der Waals surface area contributed by atoms with E-state index < -0.39 is 5.97 Å². The maximum Gasteiger partial charge on any atom is 0.329 e. The first-order valence-electron chi connectivity index (χ1n) is 10.1. The van der Waals surface area contributed by atoms with Gasteiger partial charge in [-0.2, -0.15) is 0 Å². The van der Waals surface area contributed by atoms with Crippen molar-refractivity contribution in [3.05, 3.63) is 0 Å². The minimum absolute atomic E-state index is 0.159. The first-order chi connectivity index (χ1) is 11.8. The molecule has 0 aromatic heterocycles. The lowest BCUT2D eigenvalue weighted by molar-refractivity contribution is -0.142. The van der Waals surface area contributed by atoms with Crippen LogP contribution in [0.2, 0.25) is 0 Å². The first kappa shape index (κ1) is 23.4. The quantitative estimate of drug-likeness (QED) is 0.293. The van der Waals surface area contributed by atoms with Gasteiger partial charge in [0.25, 0.3) is 0 Å². The van der Waals surface area contributed by atoms with Gasteiger partial charge in [0, 0.05) is 19.8 Å². The van der Waals surface area contributed by atoms with E-state index in [0.717, 1.165) is 26.1 Å². The molecule has 4 nitrogen and oxygen atoms in total. The monoisotopic (exact) mass is 344 g/mol. The minimum atomic E-state index is -0.878. The van der Waals surface area contributed by atoms with E-state index in [9.17, 15) is 4.79 Å². The number of ether oxygens (including phenoxy) is 2. The first-order valence-corrected chi connectivity index (χ1v) is 10.1. The summed E-state index contributed by atoms with van der Waals surface area (Å²) in [7, 11) is 0. The van der Waals surface area contributed by atoms with E-state index in [1.165, 1.54) is 77.0 Å². The zero-order valence-corrected chi connectivity index (χ0v) is 15.9. The van der Waals surface area contributed by atoms with E-state index in [0.29, 0.717) is 6.61 Å². The van der Waals surface area contributed by atoms with Crippen molar-refractivity contribution in [2.45, 2.75) is 96.8 Å². The smallest absolute Gasteiger partial charge is 0.329 e. The molecule has 4 heteroatoms. The molecule has 0 saturated carbocycles. The lowest BCUT2D eigenvalue weighted by Crippen LogP contribution is -2.07. The summed E-state index contributed by atoms with van der Waals surface area (Å²) < 4.78 is 10.4. The molecule has 0 atom stereocenters. The third-order valence-corrected chi connectivity index (χ3v) is 4.26. The predicted octanol–water partition coefficient (Wildman–Crippen LogP) is 5.59. The van der Waals surface area contributed by atoms with Crippen molar-refractivity contribution in [1.29, 1.82) is 0 Å². The Bertz CT molecular complexity index is 256. The van der Waals surface area contributed by atoms with E-state index in [1.807, 2.05) is 0 Å². The van der Waals surface area contributed by atoms with Crippen LogP contribution < -0.4 is 0 Å². The Morgan fingerprint density at radius 2 is 0.958 bits per heavy atom. The normalized spacial score (nSPS) is 11.0. The van der Waals surface area contributed by atoms with Gasteiger partial charge in [-0.3, -0.25) is 0 Å². The zero-order valence-electron chi connectivity index (χ0n) is 15.9. The highest BCUT2D eigenvalue weighted by molar-refractivity contribution is 5.67. The average Bonchev–Trinajstić information content (AvgIpc) is 2.56. The fourth-order valence-electron chi connectivity index (χ4n) is 2.83. The molecule has 0 aromatic rings. The number of carboxylic acids is 1. The van der Waals surface area contributed by atoms with Crippen LogP contribution in [0.3, 0.4) is 0 Å². The molecule has 0 bridgehead atoms. The fraction of sp³-hybridized carbons (Fsp3) is 0.950. The minimum Gasteiger partial charge on any atom is -0.480 e. The van der Waals surface area contributed by atoms with Gasteiger partial charge >= 0.3 is 5.97 Å². The summed E-state index contributed by atoms with van der Waals surface area (Å²) in [6.45, 7) is 4.26. The Hall–Kier alpha value is -0.610. The Morgan fingerprint density at radius 1 is 0.625 bits per heavy atom. The molecule has 0 rings (SSSR count). The molecule has 0 unspecified atom stereocenters. The molecule has 0 heterocycles. The van der Waals surface area contributed by atoms with Crippen molar-refractivity contribution in [3.63, 3.8) is 0 Å². The molecule has 0 radical (unpaired) electrons. The van der Waals surface area contributed by atoms with Crippen molar-refractivity contribution >= 4 is 5.97 Å². The lowest BCUT2D eigenvalue weighted by Gasteiger charge is -2.04. The molecule has 0 aliphatic heterocycles. The van der Waals surface area contributed by atoms with E-state index in [-0.39, 0.29) is 6.61 Å². The van der Waals surface area contributed by atoms with Gasteiger partial charge in [0.05, 0.1) is 0 Å². The third kappa shape index (κ3) is 21.4. The summed E-state index contributed by atoms with van der Waals surface area (Å²) in [4.78, 5) is 10.3. The van der Waals surface area contributed by atoms with E-state index in [4.69, 9.17) is 14.6 Å². The lowest BCUT2D eigenvalue weighted by atomic mass is 10.0. The van der Waals surface area contributed by atoms with Crippen LogP contribution >= 0.6 is 0 Å². The van der Waals surface area contributed by atoms with Gasteiger partial charge in [-0.15, -0.1) is 0 Å². The van der Waals surface area contributed by atoms with E-state index >= 15 is 0 Å². The van der Waals surface area contributed by atoms with Gasteiger partial charge in [0.15, 0.2) is 0 Å². The summed E-state index contributed by atoms with van der Waals surface area (Å²) in [5.41, 5.74) is 0. The van der Waals surface area contributed by atoms with Crippen molar-refractivity contribution in [2.24, 2.45) is 0 Å². The standard InChI is InChI=1S/C20H40O4/c1-2-23-17-15-13-11-9-7-5-3-4-6-8-10-12-14-16-18-24-19-20(21)22/h2-19H2,1H3,(H,21,22). The van der Waals surface area contributed by atoms with Crippen molar-refractivity contribution in [1.82, 2.24) is 0 Å².